The number of aryl methyl sites for hydroxylation is 1. The van der Waals surface area contributed by atoms with Crippen LogP contribution in [-0.2, 0) is 23.5 Å². The molecule has 118 valence electrons. The van der Waals surface area contributed by atoms with Crippen molar-refractivity contribution in [3.63, 3.8) is 0 Å². The number of aromatic nitrogens is 3. The van der Waals surface area contributed by atoms with Crippen molar-refractivity contribution >= 4 is 21.6 Å². The molecule has 1 fully saturated rings. The van der Waals surface area contributed by atoms with Gasteiger partial charge in [-0.15, -0.1) is 0 Å². The molecule has 0 bridgehead atoms. The van der Waals surface area contributed by atoms with Crippen LogP contribution in [0.2, 0.25) is 5.15 Å². The minimum Gasteiger partial charge on any atom is -0.276 e. The Labute approximate surface area is 134 Å². The summed E-state index contributed by atoms with van der Waals surface area (Å²) in [5.41, 5.74) is 1.14. The Kier molecular flexibility index (Phi) is 4.20. The van der Waals surface area contributed by atoms with Crippen LogP contribution < -0.4 is 0 Å². The number of sulfonamides is 1. The third-order valence-corrected chi connectivity index (χ3v) is 5.94. The van der Waals surface area contributed by atoms with Crippen LogP contribution in [0.1, 0.15) is 12.0 Å². The second-order valence-electron chi connectivity index (χ2n) is 5.56. The van der Waals surface area contributed by atoms with Gasteiger partial charge in [-0.25, -0.2) is 13.4 Å². The van der Waals surface area contributed by atoms with Crippen molar-refractivity contribution < 1.29 is 8.42 Å². The van der Waals surface area contributed by atoms with E-state index in [1.165, 1.54) is 22.6 Å². The van der Waals surface area contributed by atoms with Crippen molar-refractivity contribution in [2.24, 2.45) is 13.0 Å². The van der Waals surface area contributed by atoms with E-state index < -0.39 is 10.0 Å². The second-order valence-corrected chi connectivity index (χ2v) is 7.89. The molecule has 2 aromatic rings. The first kappa shape index (κ1) is 15.5. The van der Waals surface area contributed by atoms with Crippen molar-refractivity contribution in [1.29, 1.82) is 0 Å². The SMILES string of the molecule is Cn1cc(CC2CCN(S(=O)(=O)c3ccc(Cl)nc3)C2)cn1. The number of rotatable bonds is 4. The monoisotopic (exact) mass is 340 g/mol. The highest BCUT2D eigenvalue weighted by Crippen LogP contribution is 2.26. The van der Waals surface area contributed by atoms with E-state index in [0.717, 1.165) is 18.4 Å². The zero-order valence-electron chi connectivity index (χ0n) is 12.2. The van der Waals surface area contributed by atoms with Gasteiger partial charge in [-0.05, 0) is 36.5 Å². The van der Waals surface area contributed by atoms with Gasteiger partial charge in [0.1, 0.15) is 10.0 Å². The minimum absolute atomic E-state index is 0.193. The van der Waals surface area contributed by atoms with Gasteiger partial charge in [0.05, 0.1) is 6.20 Å². The fraction of sp³-hybridized carbons (Fsp3) is 0.429. The normalized spacial score (nSPS) is 19.6. The molecule has 6 nitrogen and oxygen atoms in total. The summed E-state index contributed by atoms with van der Waals surface area (Å²) in [6.07, 6.45) is 6.82. The van der Waals surface area contributed by atoms with E-state index in [9.17, 15) is 8.42 Å². The Balaban J connectivity index is 1.70. The summed E-state index contributed by atoms with van der Waals surface area (Å²) in [7, 11) is -1.61. The lowest BCUT2D eigenvalue weighted by molar-refractivity contribution is 0.455. The second kappa shape index (κ2) is 5.98. The molecule has 1 atom stereocenters. The van der Waals surface area contributed by atoms with Gasteiger partial charge in [0.25, 0.3) is 0 Å². The molecule has 1 aliphatic rings. The molecular weight excluding hydrogens is 324 g/mol. The molecule has 0 N–H and O–H groups in total. The first-order chi connectivity index (χ1) is 10.4. The standard InChI is InChI=1S/C14H17ClN4O2S/c1-18-9-12(7-17-18)6-11-4-5-19(10-11)22(20,21)13-2-3-14(15)16-8-13/h2-3,7-9,11H,4-6,10H2,1H3. The molecule has 0 aliphatic carbocycles. The van der Waals surface area contributed by atoms with E-state index in [-0.39, 0.29) is 10.0 Å². The van der Waals surface area contributed by atoms with Crippen molar-refractivity contribution in [2.45, 2.75) is 17.7 Å². The lowest BCUT2D eigenvalue weighted by Crippen LogP contribution is -2.29. The number of halogens is 1. The minimum atomic E-state index is -3.48. The third kappa shape index (κ3) is 3.16. The van der Waals surface area contributed by atoms with E-state index in [0.29, 0.717) is 19.0 Å². The summed E-state index contributed by atoms with van der Waals surface area (Å²) in [6, 6.07) is 3.00. The molecule has 3 rings (SSSR count). The summed E-state index contributed by atoms with van der Waals surface area (Å²) in [4.78, 5) is 4.05. The summed E-state index contributed by atoms with van der Waals surface area (Å²) in [6.45, 7) is 1.07. The highest BCUT2D eigenvalue weighted by atomic mass is 35.5. The van der Waals surface area contributed by atoms with Gasteiger partial charge >= 0.3 is 0 Å². The summed E-state index contributed by atoms with van der Waals surface area (Å²) < 4.78 is 28.4. The van der Waals surface area contributed by atoms with E-state index in [4.69, 9.17) is 11.6 Å². The van der Waals surface area contributed by atoms with Crippen molar-refractivity contribution in [3.05, 3.63) is 41.4 Å². The maximum atomic E-state index is 12.6. The van der Waals surface area contributed by atoms with E-state index >= 15 is 0 Å². The van der Waals surface area contributed by atoms with E-state index in [2.05, 4.69) is 10.1 Å². The van der Waals surface area contributed by atoms with E-state index in [1.807, 2.05) is 19.4 Å². The fourth-order valence-corrected chi connectivity index (χ4v) is 4.35. The molecule has 1 saturated heterocycles. The largest absolute Gasteiger partial charge is 0.276 e. The van der Waals surface area contributed by atoms with Crippen LogP contribution in [0.25, 0.3) is 0 Å². The van der Waals surface area contributed by atoms with Gasteiger partial charge in [0, 0.05) is 32.5 Å². The molecule has 0 spiro atoms. The molecule has 1 aliphatic heterocycles. The first-order valence-electron chi connectivity index (χ1n) is 7.04. The number of nitrogens with zero attached hydrogens (tertiary/aromatic N) is 4. The van der Waals surface area contributed by atoms with Crippen LogP contribution in [-0.4, -0.2) is 40.6 Å². The van der Waals surface area contributed by atoms with Gasteiger partial charge in [-0.3, -0.25) is 4.68 Å². The Morgan fingerprint density at radius 2 is 2.18 bits per heavy atom. The number of hydrogen-bond donors (Lipinski definition) is 0. The summed E-state index contributed by atoms with van der Waals surface area (Å²) >= 11 is 5.71. The van der Waals surface area contributed by atoms with Gasteiger partial charge in [-0.2, -0.15) is 9.40 Å². The van der Waals surface area contributed by atoms with Crippen LogP contribution in [0.15, 0.2) is 35.6 Å². The van der Waals surface area contributed by atoms with Crippen LogP contribution in [0.3, 0.4) is 0 Å². The molecule has 0 aromatic carbocycles. The number of pyridine rings is 1. The average Bonchev–Trinajstić information content (AvgIpc) is 3.09. The quantitative estimate of drug-likeness (QED) is 0.795. The van der Waals surface area contributed by atoms with Crippen molar-refractivity contribution in [3.8, 4) is 0 Å². The average molecular weight is 341 g/mol. The third-order valence-electron chi connectivity index (χ3n) is 3.87. The Hall–Kier alpha value is -1.44. The first-order valence-corrected chi connectivity index (χ1v) is 8.86. The molecular formula is C14H17ClN4O2S. The van der Waals surface area contributed by atoms with Gasteiger partial charge in [0.15, 0.2) is 0 Å². The summed E-state index contributed by atoms with van der Waals surface area (Å²) in [5, 5.41) is 4.43. The smallest absolute Gasteiger partial charge is 0.244 e. The molecule has 0 saturated carbocycles. The van der Waals surface area contributed by atoms with Gasteiger partial charge in [0.2, 0.25) is 10.0 Å². The Bertz CT molecular complexity index is 757. The predicted molar refractivity (Wildman–Crippen MR) is 83.0 cm³/mol. The molecule has 8 heteroatoms. The van der Waals surface area contributed by atoms with Crippen LogP contribution in [0.4, 0.5) is 0 Å². The van der Waals surface area contributed by atoms with Gasteiger partial charge < -0.3 is 0 Å². The van der Waals surface area contributed by atoms with E-state index in [1.54, 1.807) is 4.68 Å². The lowest BCUT2D eigenvalue weighted by Gasteiger charge is -2.16. The highest BCUT2D eigenvalue weighted by Gasteiger charge is 2.32. The zero-order chi connectivity index (χ0) is 15.7. The molecule has 1 unspecified atom stereocenters. The molecule has 0 radical (unpaired) electrons. The molecule has 3 heterocycles. The number of hydrogen-bond acceptors (Lipinski definition) is 4. The maximum absolute atomic E-state index is 12.6. The van der Waals surface area contributed by atoms with Crippen molar-refractivity contribution in [1.82, 2.24) is 19.1 Å². The Morgan fingerprint density at radius 3 is 2.82 bits per heavy atom. The van der Waals surface area contributed by atoms with Gasteiger partial charge in [-0.1, -0.05) is 11.6 Å². The molecule has 0 amide bonds. The van der Waals surface area contributed by atoms with Crippen LogP contribution in [0, 0.1) is 5.92 Å². The zero-order valence-corrected chi connectivity index (χ0v) is 13.8. The maximum Gasteiger partial charge on any atom is 0.244 e. The fourth-order valence-electron chi connectivity index (χ4n) is 2.76. The van der Waals surface area contributed by atoms with Crippen LogP contribution >= 0.6 is 11.6 Å². The Morgan fingerprint density at radius 1 is 1.36 bits per heavy atom. The summed E-state index contributed by atoms with van der Waals surface area (Å²) in [5.74, 6) is 0.319. The molecule has 22 heavy (non-hydrogen) atoms. The van der Waals surface area contributed by atoms with Crippen LogP contribution in [0.5, 0.6) is 0 Å². The molecule has 2 aromatic heterocycles. The lowest BCUT2D eigenvalue weighted by atomic mass is 10.0. The predicted octanol–water partition coefficient (Wildman–Crippen LogP) is 1.72. The topological polar surface area (TPSA) is 68.1 Å². The van der Waals surface area contributed by atoms with Crippen molar-refractivity contribution in [2.75, 3.05) is 13.1 Å². The highest BCUT2D eigenvalue weighted by molar-refractivity contribution is 7.89.